The van der Waals surface area contributed by atoms with E-state index in [0.717, 1.165) is 13.2 Å². The topological polar surface area (TPSA) is 9.23 Å². The molecule has 0 aromatic carbocycles. The van der Waals surface area contributed by atoms with E-state index in [-0.39, 0.29) is 12.4 Å². The maximum absolute atomic E-state index is 5.40. The Balaban J connectivity index is 0.00000144. The van der Waals surface area contributed by atoms with Crippen LogP contribution >= 0.6 is 0 Å². The Bertz CT molecular complexity index is 109. The van der Waals surface area contributed by atoms with E-state index < -0.39 is 0 Å². The number of rotatable bonds is 4. The molecule has 1 heterocycles. The first-order valence-electron chi connectivity index (χ1n) is 5.26. The van der Waals surface area contributed by atoms with Crippen molar-refractivity contribution in [2.45, 2.75) is 26.7 Å². The summed E-state index contributed by atoms with van der Waals surface area (Å²) in [6.07, 6.45) is 2.61. The summed E-state index contributed by atoms with van der Waals surface area (Å²) in [6, 6.07) is 0. The van der Waals surface area contributed by atoms with Gasteiger partial charge in [0.15, 0.2) is 0 Å². The first kappa shape index (κ1) is 13.2. The second-order valence-electron chi connectivity index (χ2n) is 3.85. The lowest BCUT2D eigenvalue weighted by molar-refractivity contribution is -0.935. The van der Waals surface area contributed by atoms with E-state index in [9.17, 15) is 0 Å². The van der Waals surface area contributed by atoms with Gasteiger partial charge in [0, 0.05) is 0 Å². The minimum Gasteiger partial charge on any atom is -1.00 e. The lowest BCUT2D eigenvalue weighted by Crippen LogP contribution is -3.00. The van der Waals surface area contributed by atoms with E-state index >= 15 is 0 Å². The second kappa shape index (κ2) is 6.63. The van der Waals surface area contributed by atoms with Crippen LogP contribution in [0.3, 0.4) is 0 Å². The van der Waals surface area contributed by atoms with E-state index in [4.69, 9.17) is 4.74 Å². The van der Waals surface area contributed by atoms with Crippen LogP contribution < -0.4 is 12.4 Å². The number of hydrogen-bond acceptors (Lipinski definition) is 1. The SMILES string of the molecule is CCC[N+]1(CCC)CCOCC1.[Cl-]. The van der Waals surface area contributed by atoms with E-state index in [0.29, 0.717) is 0 Å². The maximum Gasteiger partial charge on any atom is 0.102 e. The summed E-state index contributed by atoms with van der Waals surface area (Å²) in [6.45, 7) is 11.7. The third-order valence-corrected chi connectivity index (χ3v) is 2.82. The summed E-state index contributed by atoms with van der Waals surface area (Å²) in [4.78, 5) is 0. The Morgan fingerprint density at radius 3 is 1.85 bits per heavy atom. The number of quaternary nitrogens is 1. The number of hydrogen-bond donors (Lipinski definition) is 0. The summed E-state index contributed by atoms with van der Waals surface area (Å²) in [7, 11) is 0. The molecule has 0 atom stereocenters. The highest BCUT2D eigenvalue weighted by Gasteiger charge is 2.27. The molecular weight excluding hydrogens is 186 g/mol. The predicted octanol–water partition coefficient (Wildman–Crippen LogP) is -1.34. The Labute approximate surface area is 88.3 Å². The second-order valence-corrected chi connectivity index (χ2v) is 3.85. The zero-order chi connectivity index (χ0) is 8.86. The molecule has 1 rings (SSSR count). The van der Waals surface area contributed by atoms with Crippen LogP contribution in [-0.4, -0.2) is 43.9 Å². The molecule has 1 fully saturated rings. The van der Waals surface area contributed by atoms with Crippen LogP contribution in [-0.2, 0) is 4.74 Å². The van der Waals surface area contributed by atoms with E-state index in [1.807, 2.05) is 0 Å². The van der Waals surface area contributed by atoms with Crippen molar-refractivity contribution in [2.75, 3.05) is 39.4 Å². The highest BCUT2D eigenvalue weighted by molar-refractivity contribution is 4.49. The van der Waals surface area contributed by atoms with Gasteiger partial charge in [0.25, 0.3) is 0 Å². The van der Waals surface area contributed by atoms with Crippen molar-refractivity contribution in [3.63, 3.8) is 0 Å². The van der Waals surface area contributed by atoms with Crippen molar-refractivity contribution >= 4 is 0 Å². The van der Waals surface area contributed by atoms with Crippen LogP contribution in [0.4, 0.5) is 0 Å². The molecule has 3 heteroatoms. The molecule has 0 saturated carbocycles. The molecule has 1 aliphatic heterocycles. The number of halogens is 1. The molecule has 2 nitrogen and oxygen atoms in total. The fraction of sp³-hybridized carbons (Fsp3) is 1.00. The molecule has 0 unspecified atom stereocenters. The monoisotopic (exact) mass is 207 g/mol. The van der Waals surface area contributed by atoms with Crippen molar-refractivity contribution in [3.05, 3.63) is 0 Å². The Morgan fingerprint density at radius 1 is 1.00 bits per heavy atom. The number of nitrogens with zero attached hydrogens (tertiary/aromatic N) is 1. The standard InChI is InChI=1S/C10H22NO.ClH/c1-3-5-11(6-4-2)7-9-12-10-8-11;/h3-10H2,1-2H3;1H/q+1;/p-1. The van der Waals surface area contributed by atoms with Gasteiger partial charge < -0.3 is 21.6 Å². The maximum atomic E-state index is 5.40. The van der Waals surface area contributed by atoms with Gasteiger partial charge in [0.1, 0.15) is 13.1 Å². The Morgan fingerprint density at radius 2 is 1.46 bits per heavy atom. The van der Waals surface area contributed by atoms with Crippen molar-refractivity contribution < 1.29 is 21.6 Å². The third kappa shape index (κ3) is 3.84. The van der Waals surface area contributed by atoms with Crippen LogP contribution in [0, 0.1) is 0 Å². The summed E-state index contributed by atoms with van der Waals surface area (Å²) >= 11 is 0. The molecule has 1 saturated heterocycles. The lowest BCUT2D eigenvalue weighted by atomic mass is 10.2. The highest BCUT2D eigenvalue weighted by atomic mass is 35.5. The molecule has 0 aromatic rings. The van der Waals surface area contributed by atoms with Crippen molar-refractivity contribution in [1.82, 2.24) is 0 Å². The number of ether oxygens (including phenoxy) is 1. The molecule has 0 N–H and O–H groups in total. The molecule has 0 aromatic heterocycles. The van der Waals surface area contributed by atoms with E-state index in [1.165, 1.54) is 43.5 Å². The number of morpholine rings is 1. The largest absolute Gasteiger partial charge is 1.00 e. The average Bonchev–Trinajstić information content (AvgIpc) is 2.07. The Kier molecular flexibility index (Phi) is 6.74. The quantitative estimate of drug-likeness (QED) is 0.519. The van der Waals surface area contributed by atoms with Gasteiger partial charge in [-0.25, -0.2) is 0 Å². The van der Waals surface area contributed by atoms with E-state index in [2.05, 4.69) is 13.8 Å². The zero-order valence-corrected chi connectivity index (χ0v) is 9.65. The van der Waals surface area contributed by atoms with Crippen molar-refractivity contribution in [1.29, 1.82) is 0 Å². The summed E-state index contributed by atoms with van der Waals surface area (Å²) in [5.74, 6) is 0. The minimum atomic E-state index is 0. The average molecular weight is 208 g/mol. The molecule has 80 valence electrons. The first-order valence-corrected chi connectivity index (χ1v) is 5.26. The minimum absolute atomic E-state index is 0. The molecule has 1 aliphatic rings. The first-order chi connectivity index (χ1) is 5.83. The molecule has 0 aliphatic carbocycles. The third-order valence-electron chi connectivity index (χ3n) is 2.82. The molecule has 0 bridgehead atoms. The van der Waals surface area contributed by atoms with Gasteiger partial charge in [0.2, 0.25) is 0 Å². The molecule has 0 amide bonds. The van der Waals surface area contributed by atoms with Crippen LogP contribution in [0.2, 0.25) is 0 Å². The summed E-state index contributed by atoms with van der Waals surface area (Å²) in [5.41, 5.74) is 0. The van der Waals surface area contributed by atoms with Crippen LogP contribution in [0.5, 0.6) is 0 Å². The summed E-state index contributed by atoms with van der Waals surface area (Å²) < 4.78 is 6.71. The molecule has 13 heavy (non-hydrogen) atoms. The van der Waals surface area contributed by atoms with Gasteiger partial charge in [-0.1, -0.05) is 13.8 Å². The Hall–Kier alpha value is 0.210. The van der Waals surface area contributed by atoms with Crippen molar-refractivity contribution in [3.8, 4) is 0 Å². The lowest BCUT2D eigenvalue weighted by Gasteiger charge is -2.41. The fourth-order valence-electron chi connectivity index (χ4n) is 2.24. The predicted molar refractivity (Wildman–Crippen MR) is 51.1 cm³/mol. The van der Waals surface area contributed by atoms with Gasteiger partial charge >= 0.3 is 0 Å². The van der Waals surface area contributed by atoms with Gasteiger partial charge in [-0.15, -0.1) is 0 Å². The van der Waals surface area contributed by atoms with Gasteiger partial charge in [-0.05, 0) is 12.8 Å². The molecule has 0 spiro atoms. The van der Waals surface area contributed by atoms with Gasteiger partial charge in [0.05, 0.1) is 26.3 Å². The highest BCUT2D eigenvalue weighted by Crippen LogP contribution is 2.13. The molecule has 0 radical (unpaired) electrons. The van der Waals surface area contributed by atoms with Crippen LogP contribution in [0.25, 0.3) is 0 Å². The molecular formula is C10H22ClNO. The fourth-order valence-corrected chi connectivity index (χ4v) is 2.24. The van der Waals surface area contributed by atoms with Crippen LogP contribution in [0.1, 0.15) is 26.7 Å². The van der Waals surface area contributed by atoms with E-state index in [1.54, 1.807) is 0 Å². The normalized spacial score (nSPS) is 20.8. The summed E-state index contributed by atoms with van der Waals surface area (Å²) in [5, 5.41) is 0. The van der Waals surface area contributed by atoms with Crippen molar-refractivity contribution in [2.24, 2.45) is 0 Å². The zero-order valence-electron chi connectivity index (χ0n) is 8.89. The van der Waals surface area contributed by atoms with Gasteiger partial charge in [-0.3, -0.25) is 0 Å². The van der Waals surface area contributed by atoms with Crippen LogP contribution in [0.15, 0.2) is 0 Å². The smallest absolute Gasteiger partial charge is 0.102 e. The van der Waals surface area contributed by atoms with Gasteiger partial charge in [-0.2, -0.15) is 0 Å².